The van der Waals surface area contributed by atoms with Crippen LogP contribution in [0.15, 0.2) is 48.8 Å². The van der Waals surface area contributed by atoms with Crippen LogP contribution in [-0.2, 0) is 22.6 Å². The van der Waals surface area contributed by atoms with Gasteiger partial charge < -0.3 is 15.0 Å². The molecule has 1 aliphatic rings. The molecule has 0 aliphatic carbocycles. The van der Waals surface area contributed by atoms with Gasteiger partial charge in [-0.15, -0.1) is 0 Å². The summed E-state index contributed by atoms with van der Waals surface area (Å²) in [5.41, 5.74) is 2.16. The molecule has 6 nitrogen and oxygen atoms in total. The molecule has 1 fully saturated rings. The average molecular weight is 410 g/mol. The second kappa shape index (κ2) is 11.3. The fraction of sp³-hybridized carbons (Fsp3) is 0.458. The van der Waals surface area contributed by atoms with Crippen LogP contribution in [0.25, 0.3) is 0 Å². The minimum atomic E-state index is 0.0546. The second-order valence-corrected chi connectivity index (χ2v) is 7.87. The maximum Gasteiger partial charge on any atom is 0.222 e. The molecule has 1 atom stereocenters. The number of nitrogens with one attached hydrogen (secondary N) is 1. The number of hydrogen-bond acceptors (Lipinski definition) is 4. The summed E-state index contributed by atoms with van der Waals surface area (Å²) in [6.45, 7) is 2.09. The summed E-state index contributed by atoms with van der Waals surface area (Å²) in [4.78, 5) is 30.8. The van der Waals surface area contributed by atoms with E-state index in [0.29, 0.717) is 25.3 Å². The number of benzene rings is 1. The number of aromatic nitrogens is 1. The molecule has 1 aromatic heterocycles. The monoisotopic (exact) mass is 409 g/mol. The number of carbonyl (C=O) groups excluding carboxylic acids is 2. The number of amides is 2. The molecule has 0 radical (unpaired) electrons. The summed E-state index contributed by atoms with van der Waals surface area (Å²) < 4.78 is 5.21. The predicted molar refractivity (Wildman–Crippen MR) is 116 cm³/mol. The van der Waals surface area contributed by atoms with Crippen LogP contribution >= 0.6 is 0 Å². The van der Waals surface area contributed by atoms with Gasteiger partial charge in [-0.05, 0) is 67.0 Å². The standard InChI is InChI=1S/C24H31N3O3/c1-30-22-6-2-4-21(16-22)17-26-23(28)9-7-20-5-3-15-27(18-20)24(29)10-8-19-11-13-25-14-12-19/h2,4,6,11-14,16,20H,3,5,7-10,15,17-18H2,1H3,(H,26,28)/t20-/m1/s1. The van der Waals surface area contributed by atoms with Crippen LogP contribution in [0.3, 0.4) is 0 Å². The van der Waals surface area contributed by atoms with Gasteiger partial charge in [0.2, 0.25) is 11.8 Å². The Kier molecular flexibility index (Phi) is 8.24. The molecule has 1 aromatic carbocycles. The number of carbonyl (C=O) groups is 2. The molecule has 1 saturated heterocycles. The third-order valence-electron chi connectivity index (χ3n) is 5.65. The van der Waals surface area contributed by atoms with E-state index in [0.717, 1.165) is 55.6 Å². The Morgan fingerprint density at radius 3 is 2.80 bits per heavy atom. The van der Waals surface area contributed by atoms with E-state index in [9.17, 15) is 9.59 Å². The third-order valence-corrected chi connectivity index (χ3v) is 5.65. The maximum atomic E-state index is 12.6. The van der Waals surface area contributed by atoms with Gasteiger partial charge in [-0.1, -0.05) is 12.1 Å². The lowest BCUT2D eigenvalue weighted by Crippen LogP contribution is -2.40. The number of piperidine rings is 1. The first-order chi connectivity index (χ1) is 14.6. The first-order valence-corrected chi connectivity index (χ1v) is 10.7. The van der Waals surface area contributed by atoms with Crippen LogP contribution in [-0.4, -0.2) is 41.9 Å². The summed E-state index contributed by atoms with van der Waals surface area (Å²) in [6.07, 6.45) is 8.19. The first-order valence-electron chi connectivity index (χ1n) is 10.7. The molecule has 2 amide bonds. The highest BCUT2D eigenvalue weighted by Crippen LogP contribution is 2.22. The molecule has 3 rings (SSSR count). The SMILES string of the molecule is COc1cccc(CNC(=O)CC[C@H]2CCCN(C(=O)CCc3ccncc3)C2)c1. The van der Waals surface area contributed by atoms with Crippen molar-refractivity contribution in [3.05, 3.63) is 59.9 Å². The van der Waals surface area contributed by atoms with Crippen molar-refractivity contribution in [3.8, 4) is 5.75 Å². The van der Waals surface area contributed by atoms with E-state index < -0.39 is 0 Å². The van der Waals surface area contributed by atoms with Gasteiger partial charge in [0.15, 0.2) is 0 Å². The van der Waals surface area contributed by atoms with Crippen molar-refractivity contribution < 1.29 is 14.3 Å². The largest absolute Gasteiger partial charge is 0.497 e. The van der Waals surface area contributed by atoms with Crippen molar-refractivity contribution >= 4 is 11.8 Å². The van der Waals surface area contributed by atoms with Crippen LogP contribution in [0.5, 0.6) is 5.75 Å². The Balaban J connectivity index is 1.37. The number of hydrogen-bond donors (Lipinski definition) is 1. The lowest BCUT2D eigenvalue weighted by Gasteiger charge is -2.33. The number of pyridine rings is 1. The lowest BCUT2D eigenvalue weighted by molar-refractivity contribution is -0.133. The fourth-order valence-corrected chi connectivity index (χ4v) is 3.89. The van der Waals surface area contributed by atoms with Gasteiger partial charge in [-0.3, -0.25) is 14.6 Å². The minimum absolute atomic E-state index is 0.0546. The quantitative estimate of drug-likeness (QED) is 0.689. The van der Waals surface area contributed by atoms with Gasteiger partial charge in [-0.25, -0.2) is 0 Å². The summed E-state index contributed by atoms with van der Waals surface area (Å²) in [7, 11) is 1.63. The van der Waals surface area contributed by atoms with Crippen molar-refractivity contribution in [1.82, 2.24) is 15.2 Å². The molecular weight excluding hydrogens is 378 g/mol. The van der Waals surface area contributed by atoms with E-state index in [1.54, 1.807) is 19.5 Å². The molecule has 0 saturated carbocycles. The molecule has 30 heavy (non-hydrogen) atoms. The predicted octanol–water partition coefficient (Wildman–Crippen LogP) is 3.36. The molecular formula is C24H31N3O3. The van der Waals surface area contributed by atoms with E-state index in [-0.39, 0.29) is 11.8 Å². The van der Waals surface area contributed by atoms with E-state index in [1.165, 1.54) is 0 Å². The Bertz CT molecular complexity index is 825. The number of nitrogens with zero attached hydrogens (tertiary/aromatic N) is 2. The fourth-order valence-electron chi connectivity index (χ4n) is 3.89. The summed E-state index contributed by atoms with van der Waals surface area (Å²) in [5, 5.41) is 2.98. The second-order valence-electron chi connectivity index (χ2n) is 7.87. The minimum Gasteiger partial charge on any atom is -0.497 e. The Labute approximate surface area is 178 Å². The summed E-state index contributed by atoms with van der Waals surface area (Å²) >= 11 is 0. The zero-order valence-corrected chi connectivity index (χ0v) is 17.7. The van der Waals surface area contributed by atoms with Gasteiger partial charge in [0.1, 0.15) is 5.75 Å². The summed E-state index contributed by atoms with van der Waals surface area (Å²) in [6, 6.07) is 11.6. The Hall–Kier alpha value is -2.89. The number of likely N-dealkylation sites (tertiary alicyclic amines) is 1. The third kappa shape index (κ3) is 6.87. The van der Waals surface area contributed by atoms with Crippen LogP contribution in [0.2, 0.25) is 0 Å². The maximum absolute atomic E-state index is 12.6. The van der Waals surface area contributed by atoms with Gasteiger partial charge in [0.25, 0.3) is 0 Å². The zero-order valence-electron chi connectivity index (χ0n) is 17.7. The molecule has 2 aromatic rings. The smallest absolute Gasteiger partial charge is 0.222 e. The molecule has 0 bridgehead atoms. The van der Waals surface area contributed by atoms with Gasteiger partial charge in [0.05, 0.1) is 7.11 Å². The van der Waals surface area contributed by atoms with Crippen molar-refractivity contribution in [3.63, 3.8) is 0 Å². The molecule has 1 N–H and O–H groups in total. The van der Waals surface area contributed by atoms with Crippen LogP contribution in [0.4, 0.5) is 0 Å². The van der Waals surface area contributed by atoms with E-state index in [4.69, 9.17) is 4.74 Å². The average Bonchev–Trinajstić information content (AvgIpc) is 2.81. The highest BCUT2D eigenvalue weighted by Gasteiger charge is 2.23. The molecule has 160 valence electrons. The van der Waals surface area contributed by atoms with E-state index >= 15 is 0 Å². The van der Waals surface area contributed by atoms with Crippen LogP contribution < -0.4 is 10.1 Å². The Morgan fingerprint density at radius 2 is 2.00 bits per heavy atom. The van der Waals surface area contributed by atoms with Crippen molar-refractivity contribution in [2.24, 2.45) is 5.92 Å². The molecule has 1 aliphatic heterocycles. The van der Waals surface area contributed by atoms with Crippen molar-refractivity contribution in [2.75, 3.05) is 20.2 Å². The molecule has 0 unspecified atom stereocenters. The first kappa shape index (κ1) is 21.8. The highest BCUT2D eigenvalue weighted by atomic mass is 16.5. The Morgan fingerprint density at radius 1 is 1.17 bits per heavy atom. The number of ether oxygens (including phenoxy) is 1. The summed E-state index contributed by atoms with van der Waals surface area (Å²) in [5.74, 6) is 1.45. The number of methoxy groups -OCH3 is 1. The van der Waals surface area contributed by atoms with Gasteiger partial charge in [-0.2, -0.15) is 0 Å². The number of rotatable bonds is 9. The number of aryl methyl sites for hydroxylation is 1. The zero-order chi connectivity index (χ0) is 21.2. The molecule has 6 heteroatoms. The van der Waals surface area contributed by atoms with E-state index in [1.807, 2.05) is 41.3 Å². The highest BCUT2D eigenvalue weighted by molar-refractivity contribution is 5.77. The van der Waals surface area contributed by atoms with Gasteiger partial charge in [0, 0.05) is 44.9 Å². The normalized spacial score (nSPS) is 16.2. The topological polar surface area (TPSA) is 71.5 Å². The van der Waals surface area contributed by atoms with Crippen molar-refractivity contribution in [2.45, 2.75) is 45.1 Å². The molecule has 0 spiro atoms. The van der Waals surface area contributed by atoms with Crippen LogP contribution in [0.1, 0.15) is 43.2 Å². The van der Waals surface area contributed by atoms with Crippen LogP contribution in [0, 0.1) is 5.92 Å². The molecule has 2 heterocycles. The van der Waals surface area contributed by atoms with Crippen molar-refractivity contribution in [1.29, 1.82) is 0 Å². The lowest BCUT2D eigenvalue weighted by atomic mass is 9.93. The van der Waals surface area contributed by atoms with Gasteiger partial charge >= 0.3 is 0 Å². The van der Waals surface area contributed by atoms with E-state index in [2.05, 4.69) is 10.3 Å².